The van der Waals surface area contributed by atoms with E-state index in [-0.39, 0.29) is 30.7 Å². The number of rotatable bonds is 5. The Morgan fingerprint density at radius 3 is 2.48 bits per heavy atom. The molecule has 29 heavy (non-hydrogen) atoms. The Balaban J connectivity index is 0.00000150. The summed E-state index contributed by atoms with van der Waals surface area (Å²) in [7, 11) is 0. The molecule has 0 aliphatic carbocycles. The highest BCUT2D eigenvalue weighted by Crippen LogP contribution is 2.32. The lowest BCUT2D eigenvalue weighted by molar-refractivity contribution is -0.130. The first-order chi connectivity index (χ1) is 13.3. The first-order valence-corrected chi connectivity index (χ1v) is 9.61. The predicted octanol–water partition coefficient (Wildman–Crippen LogP) is 4.21. The van der Waals surface area contributed by atoms with E-state index < -0.39 is 0 Å². The molecular formula is C23H27Cl2N3O. The van der Waals surface area contributed by atoms with Gasteiger partial charge < -0.3 is 10.6 Å². The van der Waals surface area contributed by atoms with Gasteiger partial charge in [-0.2, -0.15) is 0 Å². The fourth-order valence-electron chi connectivity index (χ4n) is 4.16. The Morgan fingerprint density at radius 2 is 1.72 bits per heavy atom. The monoisotopic (exact) mass is 431 g/mol. The number of benzene rings is 2. The zero-order valence-electron chi connectivity index (χ0n) is 16.2. The lowest BCUT2D eigenvalue weighted by Crippen LogP contribution is -2.30. The molecule has 4 rings (SSSR count). The maximum atomic E-state index is 12.9. The number of para-hydroxylation sites is 1. The van der Waals surface area contributed by atoms with Crippen LogP contribution in [-0.4, -0.2) is 35.4 Å². The molecule has 0 unspecified atom stereocenters. The first-order valence-electron chi connectivity index (χ1n) is 9.61. The summed E-state index contributed by atoms with van der Waals surface area (Å²) in [5.41, 5.74) is 9.45. The van der Waals surface area contributed by atoms with Gasteiger partial charge in [-0.25, -0.2) is 0 Å². The Bertz CT molecular complexity index is 930. The summed E-state index contributed by atoms with van der Waals surface area (Å²) < 4.78 is 0. The third-order valence-electron chi connectivity index (χ3n) is 5.67. The topological polar surface area (TPSA) is 59.2 Å². The predicted molar refractivity (Wildman–Crippen MR) is 123 cm³/mol. The molecule has 0 radical (unpaired) electrons. The third-order valence-corrected chi connectivity index (χ3v) is 5.67. The molecule has 0 saturated carbocycles. The van der Waals surface area contributed by atoms with Crippen LogP contribution in [0.5, 0.6) is 0 Å². The van der Waals surface area contributed by atoms with Gasteiger partial charge in [0.15, 0.2) is 0 Å². The van der Waals surface area contributed by atoms with Gasteiger partial charge in [0.05, 0.1) is 5.52 Å². The average molecular weight is 432 g/mol. The highest BCUT2D eigenvalue weighted by atomic mass is 35.5. The molecular weight excluding hydrogens is 405 g/mol. The van der Waals surface area contributed by atoms with E-state index in [0.29, 0.717) is 24.8 Å². The average Bonchev–Trinajstić information content (AvgIpc) is 3.17. The Labute approximate surface area is 184 Å². The Hall–Kier alpha value is -2.14. The number of amides is 1. The van der Waals surface area contributed by atoms with Gasteiger partial charge in [-0.05, 0) is 42.1 Å². The maximum absolute atomic E-state index is 12.9. The van der Waals surface area contributed by atoms with Crippen LogP contribution in [0.2, 0.25) is 0 Å². The molecule has 1 aliphatic heterocycles. The van der Waals surface area contributed by atoms with Gasteiger partial charge >= 0.3 is 0 Å². The summed E-state index contributed by atoms with van der Waals surface area (Å²) in [6.45, 7) is 2.13. The summed E-state index contributed by atoms with van der Waals surface area (Å²) in [6.07, 6.45) is 3.09. The summed E-state index contributed by atoms with van der Waals surface area (Å²) in [5.74, 6) is 0.882. The van der Waals surface area contributed by atoms with Crippen LogP contribution < -0.4 is 5.73 Å². The molecule has 1 aromatic heterocycles. The van der Waals surface area contributed by atoms with Gasteiger partial charge in [-0.3, -0.25) is 9.78 Å². The molecule has 2 aromatic carbocycles. The number of hydrogen-bond donors (Lipinski definition) is 1. The minimum absolute atomic E-state index is 0. The number of halogens is 2. The van der Waals surface area contributed by atoms with Crippen LogP contribution in [-0.2, 0) is 11.2 Å². The molecule has 1 saturated heterocycles. The van der Waals surface area contributed by atoms with E-state index in [9.17, 15) is 4.79 Å². The van der Waals surface area contributed by atoms with Crippen LogP contribution in [0.1, 0.15) is 23.5 Å². The molecule has 2 N–H and O–H groups in total. The minimum Gasteiger partial charge on any atom is -0.342 e. The van der Waals surface area contributed by atoms with E-state index in [1.807, 2.05) is 41.4 Å². The van der Waals surface area contributed by atoms with Gasteiger partial charge in [0, 0.05) is 37.0 Å². The maximum Gasteiger partial charge on any atom is 0.222 e. The zero-order valence-corrected chi connectivity index (χ0v) is 17.9. The number of hydrogen-bond acceptors (Lipinski definition) is 3. The zero-order chi connectivity index (χ0) is 18.6. The highest BCUT2D eigenvalue weighted by Gasteiger charge is 2.34. The Kier molecular flexibility index (Phi) is 8.45. The lowest BCUT2D eigenvalue weighted by Gasteiger charge is -2.17. The highest BCUT2D eigenvalue weighted by molar-refractivity contribution is 5.85. The number of nitrogens with zero attached hydrogens (tertiary/aromatic N) is 2. The second-order valence-corrected chi connectivity index (χ2v) is 7.30. The van der Waals surface area contributed by atoms with Crippen LogP contribution in [0.15, 0.2) is 66.9 Å². The molecule has 1 aliphatic rings. The molecule has 154 valence electrons. The number of likely N-dealkylation sites (tertiary alicyclic amines) is 1. The number of carbonyl (C=O) groups excluding carboxylic acids is 1. The van der Waals surface area contributed by atoms with Crippen LogP contribution >= 0.6 is 24.8 Å². The van der Waals surface area contributed by atoms with Crippen molar-refractivity contribution in [2.24, 2.45) is 11.7 Å². The van der Waals surface area contributed by atoms with Crippen molar-refractivity contribution in [2.75, 3.05) is 19.6 Å². The lowest BCUT2D eigenvalue weighted by atomic mass is 9.89. The fourth-order valence-corrected chi connectivity index (χ4v) is 4.16. The minimum atomic E-state index is 0. The Morgan fingerprint density at radius 1 is 1.00 bits per heavy atom. The van der Waals surface area contributed by atoms with Crippen molar-refractivity contribution >= 4 is 41.6 Å². The molecule has 2 atom stereocenters. The third kappa shape index (κ3) is 5.08. The first kappa shape index (κ1) is 23.1. The summed E-state index contributed by atoms with van der Waals surface area (Å²) in [6, 6.07) is 20.5. The number of aromatic nitrogens is 1. The van der Waals surface area contributed by atoms with Crippen LogP contribution in [0.4, 0.5) is 0 Å². The summed E-state index contributed by atoms with van der Waals surface area (Å²) in [4.78, 5) is 19.3. The van der Waals surface area contributed by atoms with Gasteiger partial charge in [0.1, 0.15) is 0 Å². The van der Waals surface area contributed by atoms with Crippen LogP contribution in [0.25, 0.3) is 10.9 Å². The molecule has 1 amide bonds. The van der Waals surface area contributed by atoms with E-state index >= 15 is 0 Å². The largest absolute Gasteiger partial charge is 0.342 e. The molecule has 4 nitrogen and oxygen atoms in total. The smallest absolute Gasteiger partial charge is 0.222 e. The van der Waals surface area contributed by atoms with E-state index in [1.165, 1.54) is 11.1 Å². The van der Waals surface area contributed by atoms with Gasteiger partial charge in [-0.15, -0.1) is 24.8 Å². The van der Waals surface area contributed by atoms with Gasteiger partial charge in [-0.1, -0.05) is 48.5 Å². The number of aryl methyl sites for hydroxylation is 1. The van der Waals surface area contributed by atoms with Gasteiger partial charge in [0.2, 0.25) is 5.91 Å². The fraction of sp³-hybridized carbons (Fsp3) is 0.304. The van der Waals surface area contributed by atoms with E-state index in [4.69, 9.17) is 5.73 Å². The normalized spacial score (nSPS) is 18.2. The van der Waals surface area contributed by atoms with Crippen molar-refractivity contribution in [2.45, 2.75) is 18.8 Å². The van der Waals surface area contributed by atoms with Crippen molar-refractivity contribution in [1.82, 2.24) is 9.88 Å². The SMILES string of the molecule is Cl.Cl.NC[C@@H]1CN(C(=O)CCc2ccnc3ccccc23)C[C@H]1c1ccccc1. The van der Waals surface area contributed by atoms with E-state index in [1.54, 1.807) is 0 Å². The second-order valence-electron chi connectivity index (χ2n) is 7.30. The second kappa shape index (κ2) is 10.6. The molecule has 1 fully saturated rings. The number of carbonyl (C=O) groups is 1. The van der Waals surface area contributed by atoms with E-state index in [0.717, 1.165) is 30.4 Å². The molecule has 0 bridgehead atoms. The quantitative estimate of drug-likeness (QED) is 0.657. The molecule has 2 heterocycles. The number of fused-ring (bicyclic) bond motifs is 1. The van der Waals surface area contributed by atoms with E-state index in [2.05, 4.69) is 35.3 Å². The summed E-state index contributed by atoms with van der Waals surface area (Å²) >= 11 is 0. The standard InChI is InChI=1S/C23H25N3O.2ClH/c24-14-19-15-26(16-21(19)17-6-2-1-3-7-17)23(27)11-10-18-12-13-25-22-9-5-4-8-20(18)22;;/h1-9,12-13,19,21H,10-11,14-16,24H2;2*1H/t19-,21+;;/m1../s1. The van der Waals surface area contributed by atoms with Crippen LogP contribution in [0.3, 0.4) is 0 Å². The molecule has 0 spiro atoms. The van der Waals surface area contributed by atoms with Crippen LogP contribution in [0, 0.1) is 5.92 Å². The van der Waals surface area contributed by atoms with Crippen molar-refractivity contribution in [3.05, 3.63) is 78.0 Å². The van der Waals surface area contributed by atoms with Crippen molar-refractivity contribution in [1.29, 1.82) is 0 Å². The molecule has 3 aromatic rings. The van der Waals surface area contributed by atoms with Crippen molar-refractivity contribution in [3.8, 4) is 0 Å². The number of pyridine rings is 1. The summed E-state index contributed by atoms with van der Waals surface area (Å²) in [5, 5.41) is 1.14. The van der Waals surface area contributed by atoms with Crippen molar-refractivity contribution < 1.29 is 4.79 Å². The van der Waals surface area contributed by atoms with Gasteiger partial charge in [0.25, 0.3) is 0 Å². The molecule has 6 heteroatoms. The number of nitrogens with two attached hydrogens (primary N) is 1. The van der Waals surface area contributed by atoms with Crippen molar-refractivity contribution in [3.63, 3.8) is 0 Å².